The van der Waals surface area contributed by atoms with Gasteiger partial charge in [0, 0.05) is 11.7 Å². The molecule has 0 radical (unpaired) electrons. The van der Waals surface area contributed by atoms with Crippen LogP contribution in [0.25, 0.3) is 0 Å². The van der Waals surface area contributed by atoms with Gasteiger partial charge in [-0.25, -0.2) is 4.98 Å². The molecule has 0 saturated carbocycles. The molecule has 1 aliphatic heterocycles. The van der Waals surface area contributed by atoms with Crippen LogP contribution in [0.1, 0.15) is 33.4 Å². The molecular weight excluding hydrogens is 213 g/mol. The lowest BCUT2D eigenvalue weighted by atomic mass is 9.78. The first-order valence-corrected chi connectivity index (χ1v) is 5.64. The summed E-state index contributed by atoms with van der Waals surface area (Å²) in [7, 11) is -0.445. The highest BCUT2D eigenvalue weighted by Crippen LogP contribution is 2.36. The van der Waals surface area contributed by atoms with E-state index in [0.29, 0.717) is 5.69 Å². The average Bonchev–Trinajstić information content (AvgIpc) is 2.48. The Hall–Kier alpha value is -1.31. The zero-order valence-corrected chi connectivity index (χ0v) is 10.7. The molecule has 3 nitrogen and oxygen atoms in total. The third kappa shape index (κ3) is 1.97. The summed E-state index contributed by atoms with van der Waals surface area (Å²) >= 11 is 0. The van der Waals surface area contributed by atoms with Gasteiger partial charge in [0.25, 0.3) is 0 Å². The molecule has 0 spiro atoms. The maximum absolute atomic E-state index is 5.93. The fourth-order valence-corrected chi connectivity index (χ4v) is 1.70. The van der Waals surface area contributed by atoms with Crippen molar-refractivity contribution in [2.75, 3.05) is 0 Å². The molecule has 1 aromatic heterocycles. The summed E-state index contributed by atoms with van der Waals surface area (Å²) in [4.78, 5) is 4.14. The number of nitrogens with zero attached hydrogens (tertiary/aromatic N) is 1. The molecule has 0 aliphatic carbocycles. The number of hydrogen-bond donors (Lipinski definition) is 0. The van der Waals surface area contributed by atoms with E-state index in [1.807, 2.05) is 39.8 Å². The Morgan fingerprint density at radius 3 is 2.35 bits per heavy atom. The van der Waals surface area contributed by atoms with Crippen LogP contribution in [0, 0.1) is 12.3 Å². The topological polar surface area (TPSA) is 31.4 Å². The van der Waals surface area contributed by atoms with E-state index in [2.05, 4.69) is 10.9 Å². The molecule has 4 heteroatoms. The van der Waals surface area contributed by atoms with Crippen LogP contribution >= 0.6 is 0 Å². The van der Waals surface area contributed by atoms with Gasteiger partial charge in [-0.2, -0.15) is 0 Å². The molecule has 0 atom stereocenters. The smallest absolute Gasteiger partial charge is 0.399 e. The lowest BCUT2D eigenvalue weighted by molar-refractivity contribution is 0.00578. The standard InChI is InChI=1S/C13H16BNO2/c1-6-11-10(8-7-9-15-11)14-16-12(2,3)13(4,5)17-14/h1,7-9H,2-5H3. The van der Waals surface area contributed by atoms with Gasteiger partial charge in [-0.15, -0.1) is 6.42 Å². The lowest BCUT2D eigenvalue weighted by Gasteiger charge is -2.32. The SMILES string of the molecule is C#Cc1ncccc1B1OC(C)(C)C(C)(C)O1. The van der Waals surface area contributed by atoms with Crippen LogP contribution in [0.3, 0.4) is 0 Å². The van der Waals surface area contributed by atoms with Gasteiger partial charge in [0.1, 0.15) is 5.69 Å². The van der Waals surface area contributed by atoms with Crippen molar-refractivity contribution in [3.8, 4) is 12.3 Å². The van der Waals surface area contributed by atoms with Crippen LogP contribution in [-0.4, -0.2) is 23.3 Å². The summed E-state index contributed by atoms with van der Waals surface area (Å²) < 4.78 is 11.9. The average molecular weight is 229 g/mol. The van der Waals surface area contributed by atoms with Gasteiger partial charge in [-0.1, -0.05) is 12.0 Å². The minimum absolute atomic E-state index is 0.362. The second-order valence-electron chi connectivity index (χ2n) is 5.17. The van der Waals surface area contributed by atoms with Crippen LogP contribution in [0.2, 0.25) is 0 Å². The summed E-state index contributed by atoms with van der Waals surface area (Å²) in [6, 6.07) is 3.73. The van der Waals surface area contributed by atoms with Crippen LogP contribution < -0.4 is 5.46 Å². The van der Waals surface area contributed by atoms with Crippen molar-refractivity contribution in [1.82, 2.24) is 4.98 Å². The Balaban J connectivity index is 2.36. The third-order valence-corrected chi connectivity index (χ3v) is 3.48. The Bertz CT molecular complexity index is 461. The summed E-state index contributed by atoms with van der Waals surface area (Å²) in [5.74, 6) is 2.56. The molecule has 88 valence electrons. The van der Waals surface area contributed by atoms with Gasteiger partial charge in [-0.05, 0) is 33.8 Å². The quantitative estimate of drug-likeness (QED) is 0.538. The Morgan fingerprint density at radius 1 is 1.24 bits per heavy atom. The Morgan fingerprint density at radius 2 is 1.82 bits per heavy atom. The highest BCUT2D eigenvalue weighted by molar-refractivity contribution is 6.62. The van der Waals surface area contributed by atoms with E-state index in [0.717, 1.165) is 5.46 Å². The minimum Gasteiger partial charge on any atom is -0.399 e. The van der Waals surface area contributed by atoms with E-state index < -0.39 is 7.12 Å². The van der Waals surface area contributed by atoms with Gasteiger partial charge in [-0.3, -0.25) is 0 Å². The van der Waals surface area contributed by atoms with E-state index in [9.17, 15) is 0 Å². The zero-order chi connectivity index (χ0) is 12.7. The normalized spacial score (nSPS) is 21.2. The summed E-state index contributed by atoms with van der Waals surface area (Å²) in [6.45, 7) is 8.05. The van der Waals surface area contributed by atoms with Gasteiger partial charge >= 0.3 is 7.12 Å². The second kappa shape index (κ2) is 3.87. The molecule has 0 N–H and O–H groups in total. The highest BCUT2D eigenvalue weighted by Gasteiger charge is 2.52. The van der Waals surface area contributed by atoms with Gasteiger partial charge in [0.15, 0.2) is 0 Å². The molecule has 17 heavy (non-hydrogen) atoms. The first kappa shape index (κ1) is 12.2. The van der Waals surface area contributed by atoms with Crippen LogP contribution in [0.4, 0.5) is 0 Å². The number of aromatic nitrogens is 1. The fourth-order valence-electron chi connectivity index (χ4n) is 1.70. The van der Waals surface area contributed by atoms with Crippen molar-refractivity contribution in [2.24, 2.45) is 0 Å². The van der Waals surface area contributed by atoms with Gasteiger partial charge in [0.2, 0.25) is 0 Å². The number of rotatable bonds is 1. The molecule has 0 bridgehead atoms. The molecule has 1 aromatic rings. The van der Waals surface area contributed by atoms with Crippen LogP contribution in [0.15, 0.2) is 18.3 Å². The molecule has 1 fully saturated rings. The molecular formula is C13H16BNO2. The minimum atomic E-state index is -0.445. The number of terminal acetylenes is 1. The molecule has 0 unspecified atom stereocenters. The van der Waals surface area contributed by atoms with Crippen molar-refractivity contribution in [1.29, 1.82) is 0 Å². The van der Waals surface area contributed by atoms with E-state index >= 15 is 0 Å². The van der Waals surface area contributed by atoms with Crippen LogP contribution in [-0.2, 0) is 9.31 Å². The lowest BCUT2D eigenvalue weighted by Crippen LogP contribution is -2.41. The molecule has 0 amide bonds. The van der Waals surface area contributed by atoms with Crippen molar-refractivity contribution in [3.05, 3.63) is 24.0 Å². The second-order valence-corrected chi connectivity index (χ2v) is 5.17. The molecule has 0 aromatic carbocycles. The third-order valence-electron chi connectivity index (χ3n) is 3.48. The monoisotopic (exact) mass is 229 g/mol. The molecule has 2 rings (SSSR count). The summed E-state index contributed by atoms with van der Waals surface area (Å²) in [5, 5.41) is 0. The first-order valence-electron chi connectivity index (χ1n) is 5.64. The maximum Gasteiger partial charge on any atom is 0.497 e. The Labute approximate surface area is 103 Å². The predicted molar refractivity (Wildman–Crippen MR) is 67.9 cm³/mol. The highest BCUT2D eigenvalue weighted by atomic mass is 16.7. The Kier molecular flexibility index (Phi) is 2.77. The largest absolute Gasteiger partial charge is 0.497 e. The molecule has 2 heterocycles. The van der Waals surface area contributed by atoms with Crippen molar-refractivity contribution < 1.29 is 9.31 Å². The van der Waals surface area contributed by atoms with Gasteiger partial charge < -0.3 is 9.31 Å². The van der Waals surface area contributed by atoms with E-state index in [-0.39, 0.29) is 11.2 Å². The number of pyridine rings is 1. The van der Waals surface area contributed by atoms with Crippen molar-refractivity contribution >= 4 is 12.6 Å². The first-order chi connectivity index (χ1) is 7.87. The maximum atomic E-state index is 5.93. The van der Waals surface area contributed by atoms with E-state index in [4.69, 9.17) is 15.7 Å². The van der Waals surface area contributed by atoms with Crippen molar-refractivity contribution in [2.45, 2.75) is 38.9 Å². The van der Waals surface area contributed by atoms with Crippen molar-refractivity contribution in [3.63, 3.8) is 0 Å². The summed E-state index contributed by atoms with van der Waals surface area (Å²) in [5.41, 5.74) is 0.665. The molecule has 1 aliphatic rings. The van der Waals surface area contributed by atoms with E-state index in [1.165, 1.54) is 0 Å². The molecule has 1 saturated heterocycles. The number of hydrogen-bond acceptors (Lipinski definition) is 3. The zero-order valence-electron chi connectivity index (χ0n) is 10.7. The van der Waals surface area contributed by atoms with E-state index in [1.54, 1.807) is 6.20 Å². The predicted octanol–water partition coefficient (Wildman–Crippen LogP) is 1.36. The van der Waals surface area contributed by atoms with Gasteiger partial charge in [0.05, 0.1) is 11.2 Å². The summed E-state index contributed by atoms with van der Waals surface area (Å²) in [6.07, 6.45) is 7.10. The fraction of sp³-hybridized carbons (Fsp3) is 0.462. The van der Waals surface area contributed by atoms with Crippen LogP contribution in [0.5, 0.6) is 0 Å².